The Bertz CT molecular complexity index is 842. The number of fused-ring (bicyclic) bond motifs is 3. The molecular weight excluding hydrogens is 695 g/mol. The second kappa shape index (κ2) is 14.5. The summed E-state index contributed by atoms with van der Waals surface area (Å²) in [6.07, 6.45) is 12.4. The Hall–Kier alpha value is -0.333. The zero-order valence-electron chi connectivity index (χ0n) is 25.8. The van der Waals surface area contributed by atoms with E-state index in [1.54, 1.807) is 0 Å². The molecule has 38 heavy (non-hydrogen) atoms. The number of amides is 1. The third kappa shape index (κ3) is 7.69. The molecular formula is C32H54BNO3U. The van der Waals surface area contributed by atoms with Crippen LogP contribution >= 0.6 is 0 Å². The fourth-order valence-electron chi connectivity index (χ4n) is 8.07. The summed E-state index contributed by atoms with van der Waals surface area (Å²) in [6, 6.07) is 0. The molecule has 4 nitrogen and oxygen atoms in total. The molecule has 2 radical (unpaired) electrons. The van der Waals surface area contributed by atoms with Gasteiger partial charge in [0.05, 0.1) is 5.92 Å². The summed E-state index contributed by atoms with van der Waals surface area (Å²) >= 11 is 0. The van der Waals surface area contributed by atoms with Gasteiger partial charge in [0.25, 0.3) is 0 Å². The van der Waals surface area contributed by atoms with Gasteiger partial charge in [-0.2, -0.15) is 0 Å². The average Bonchev–Trinajstić information content (AvgIpc) is 3.55. The number of ketones is 2. The molecule has 0 aromatic carbocycles. The fourth-order valence-corrected chi connectivity index (χ4v) is 8.07. The van der Waals surface area contributed by atoms with Gasteiger partial charge in [-0.1, -0.05) is 46.3 Å². The Kier molecular flexibility index (Phi) is 12.3. The molecule has 1 N–H and O–H groups in total. The van der Waals surface area contributed by atoms with Crippen LogP contribution in [0.3, 0.4) is 0 Å². The molecule has 11 atom stereocenters. The number of Topliss-reactive ketones (excluding diaryl/α,β-unsaturated/α-hetero) is 2. The van der Waals surface area contributed by atoms with Crippen molar-refractivity contribution in [3.63, 3.8) is 0 Å². The number of hydrogen-bond acceptors (Lipinski definition) is 3. The second-order valence-electron chi connectivity index (χ2n) is 13.7. The summed E-state index contributed by atoms with van der Waals surface area (Å²) in [5.74, 6) is 8.40. The molecule has 6 rings (SSSR count). The van der Waals surface area contributed by atoms with Crippen LogP contribution in [0.1, 0.15) is 101 Å². The first kappa shape index (κ1) is 32.2. The molecule has 1 heterocycles. The van der Waals surface area contributed by atoms with E-state index in [9.17, 15) is 14.4 Å². The van der Waals surface area contributed by atoms with Crippen LogP contribution in [0.25, 0.3) is 0 Å². The summed E-state index contributed by atoms with van der Waals surface area (Å²) in [7, 11) is 3.75. The molecule has 0 spiro atoms. The zero-order chi connectivity index (χ0) is 28.1. The number of carbonyl (C=O) groups is 3. The summed E-state index contributed by atoms with van der Waals surface area (Å²) in [4.78, 5) is 34.2. The van der Waals surface area contributed by atoms with Gasteiger partial charge in [-0.05, 0) is 101 Å². The molecule has 6 aliphatic rings. The maximum atomic E-state index is 11.5. The maximum absolute atomic E-state index is 11.5. The number of nitrogens with one attached hydrogen (secondary N) is 1. The standard InChI is InChI=1S/2C11H18O.C10H15NO.BH.U.H2/c2*1-7-5-9-3-4-11(12)10(9)6-8(7)2;1-6-3-8-5-11-10(12)9(8)4-7(6)2;;;/h2*7-10H,3-6H2,1-2H3;4,6,8-9H,3,5H2,1-2H3,(H,11,12);1H;;1H/t7-,8+,9+,10-;7-,8-,9-,10+;6-,8+,9+;;;/m100.../s1/i;;;1D;;. The van der Waals surface area contributed by atoms with Crippen molar-refractivity contribution in [3.05, 3.63) is 11.6 Å². The summed E-state index contributed by atoms with van der Waals surface area (Å²) < 4.78 is 5.25. The predicted octanol–water partition coefficient (Wildman–Crippen LogP) is 6.23. The SMILES string of the molecule is CC1=C[C@H]2C(=O)NC[C@H]2C[C@@H]1C.C[C@@H]1C[C@@H]2CCC(=O)[C@@H]2C[C@@H]1C.C[C@H]1C[C@@H]2CCC(=O)[C@@H]2C[C@@H]1C.[2H][B].[HH].[U]. The van der Waals surface area contributed by atoms with Crippen LogP contribution in [0, 0.1) is 96.2 Å². The van der Waals surface area contributed by atoms with Crippen LogP contribution in [0.2, 0.25) is 0 Å². The molecule has 4 saturated carbocycles. The van der Waals surface area contributed by atoms with Crippen LogP contribution in [-0.4, -0.2) is 33.7 Å². The first-order valence-electron chi connectivity index (χ1n) is 15.6. The summed E-state index contributed by atoms with van der Waals surface area (Å²) in [5.41, 5.74) is 1.38. The molecule has 5 fully saturated rings. The van der Waals surface area contributed by atoms with Gasteiger partial charge in [-0.25, -0.2) is 0 Å². The Labute approximate surface area is 260 Å². The smallest absolute Gasteiger partial charge is 0.227 e. The molecule has 0 aromatic rings. The van der Waals surface area contributed by atoms with Gasteiger partial charge in [-0.15, -0.1) is 0 Å². The molecule has 1 amide bonds. The van der Waals surface area contributed by atoms with Crippen molar-refractivity contribution in [1.29, 1.82) is 1.34 Å². The van der Waals surface area contributed by atoms with Crippen LogP contribution in [-0.2, 0) is 14.4 Å². The molecule has 5 aliphatic carbocycles. The van der Waals surface area contributed by atoms with Crippen molar-refractivity contribution < 1.29 is 46.9 Å². The molecule has 6 heteroatoms. The van der Waals surface area contributed by atoms with E-state index in [0.717, 1.165) is 54.9 Å². The van der Waals surface area contributed by atoms with Gasteiger partial charge < -0.3 is 5.32 Å². The Morgan fingerprint density at radius 2 is 1.21 bits per heavy atom. The van der Waals surface area contributed by atoms with Gasteiger partial charge >= 0.3 is 0 Å². The van der Waals surface area contributed by atoms with E-state index in [1.807, 2.05) is 0 Å². The predicted molar refractivity (Wildman–Crippen MR) is 154 cm³/mol. The normalized spacial score (nSPS) is 43.0. The second-order valence-corrected chi connectivity index (χ2v) is 13.7. The number of hydrogen-bond donors (Lipinski definition) is 1. The largest absolute Gasteiger partial charge is 0.355 e. The Morgan fingerprint density at radius 3 is 1.68 bits per heavy atom. The van der Waals surface area contributed by atoms with Crippen molar-refractivity contribution >= 4 is 25.9 Å². The van der Waals surface area contributed by atoms with Gasteiger partial charge in [0, 0.05) is 72.1 Å². The van der Waals surface area contributed by atoms with Crippen molar-refractivity contribution in [1.82, 2.24) is 5.32 Å². The topological polar surface area (TPSA) is 63.2 Å². The summed E-state index contributed by atoms with van der Waals surface area (Å²) in [6.45, 7) is 14.5. The van der Waals surface area contributed by atoms with E-state index >= 15 is 0 Å². The molecule has 212 valence electrons. The fraction of sp³-hybridized carbons (Fsp3) is 0.844. The van der Waals surface area contributed by atoms with Crippen molar-refractivity contribution in [3.8, 4) is 0 Å². The van der Waals surface area contributed by atoms with E-state index in [1.165, 1.54) is 50.5 Å². The van der Waals surface area contributed by atoms with E-state index < -0.39 is 0 Å². The first-order valence-corrected chi connectivity index (χ1v) is 15.1. The molecule has 0 unspecified atom stereocenters. The van der Waals surface area contributed by atoms with E-state index in [2.05, 4.69) is 61.3 Å². The van der Waals surface area contributed by atoms with Crippen molar-refractivity contribution in [2.45, 2.75) is 99.3 Å². The zero-order valence-corrected chi connectivity index (χ0v) is 29.0. The minimum Gasteiger partial charge on any atom is -0.355 e. The third-order valence-corrected chi connectivity index (χ3v) is 11.3. The monoisotopic (exact) mass is 750 g/mol. The van der Waals surface area contributed by atoms with E-state index in [4.69, 9.17) is 1.34 Å². The minimum atomic E-state index is 0. The number of rotatable bonds is 0. The number of allylic oxidation sites excluding steroid dienone is 1. The summed E-state index contributed by atoms with van der Waals surface area (Å²) in [5, 5.41) is 2.92. The van der Waals surface area contributed by atoms with E-state index in [-0.39, 0.29) is 44.4 Å². The van der Waals surface area contributed by atoms with Gasteiger partial charge in [0.15, 0.2) is 0 Å². The average molecular weight is 751 g/mol. The van der Waals surface area contributed by atoms with Crippen LogP contribution < -0.4 is 5.32 Å². The molecule has 1 saturated heterocycles. The maximum Gasteiger partial charge on any atom is 0.227 e. The molecule has 0 bridgehead atoms. The Balaban J connectivity index is 0.000000284. The first-order chi connectivity index (χ1) is 18.0. The van der Waals surface area contributed by atoms with E-state index in [0.29, 0.717) is 35.2 Å². The quantitative estimate of drug-likeness (QED) is 0.236. The minimum absolute atomic E-state index is 0. The van der Waals surface area contributed by atoms with Crippen LogP contribution in [0.5, 0.6) is 0 Å². The molecule has 0 aromatic heterocycles. The van der Waals surface area contributed by atoms with Crippen LogP contribution in [0.4, 0.5) is 0 Å². The molecule has 1 aliphatic heterocycles. The number of carbonyl (C=O) groups excluding carboxylic acids is 3. The van der Waals surface area contributed by atoms with Gasteiger partial charge in [0.2, 0.25) is 5.91 Å². The van der Waals surface area contributed by atoms with Gasteiger partial charge in [0.1, 0.15) is 11.6 Å². The Morgan fingerprint density at radius 1 is 0.763 bits per heavy atom. The van der Waals surface area contributed by atoms with Crippen molar-refractivity contribution in [2.75, 3.05) is 6.54 Å². The van der Waals surface area contributed by atoms with Gasteiger partial charge in [-0.3, -0.25) is 14.4 Å². The van der Waals surface area contributed by atoms with Crippen molar-refractivity contribution in [2.24, 2.45) is 65.1 Å². The third-order valence-electron chi connectivity index (χ3n) is 11.3. The van der Waals surface area contributed by atoms with Crippen LogP contribution in [0.15, 0.2) is 11.6 Å².